The second-order valence-electron chi connectivity index (χ2n) is 1.33. The molecule has 1 aliphatic rings. The molecule has 2 heteroatoms. The van der Waals surface area contributed by atoms with Crippen molar-refractivity contribution in [1.82, 2.24) is 0 Å². The lowest BCUT2D eigenvalue weighted by molar-refractivity contribution is -0.0387. The van der Waals surface area contributed by atoms with E-state index in [1.807, 2.05) is 0 Å². The molecule has 1 heterocycles. The molecular weight excluding hydrogens is 80.0 g/mol. The Hall–Kier alpha value is -0.0800. The van der Waals surface area contributed by atoms with E-state index < -0.39 is 6.29 Å². The van der Waals surface area contributed by atoms with Crippen LogP contribution in [0.4, 0.5) is 0 Å². The van der Waals surface area contributed by atoms with Crippen LogP contribution in [0.25, 0.3) is 0 Å². The molecule has 0 bridgehead atoms. The molecule has 0 spiro atoms. The van der Waals surface area contributed by atoms with Gasteiger partial charge in [0.2, 0.25) is 0 Å². The number of aliphatic hydroxyl groups is 1. The maximum absolute atomic E-state index is 8.48. The number of rotatable bonds is 0. The van der Waals surface area contributed by atoms with Crippen molar-refractivity contribution in [2.24, 2.45) is 0 Å². The first-order chi connectivity index (χ1) is 2.89. The first-order valence-electron chi connectivity index (χ1n) is 2.05. The number of hydrogen-bond acceptors (Lipinski definition) is 2. The molecule has 0 aromatic carbocycles. The number of aliphatic hydroxyl groups excluding tert-OH is 1. The summed E-state index contributed by atoms with van der Waals surface area (Å²) in [6, 6.07) is 0. The lowest BCUT2D eigenvalue weighted by atomic mass is 10.4. The fourth-order valence-corrected chi connectivity index (χ4v) is 0.458. The van der Waals surface area contributed by atoms with E-state index in [1.165, 1.54) is 0 Å². The van der Waals surface area contributed by atoms with Crippen LogP contribution >= 0.6 is 0 Å². The Morgan fingerprint density at radius 2 is 2.67 bits per heavy atom. The van der Waals surface area contributed by atoms with Gasteiger partial charge in [-0.05, 0) is 6.42 Å². The molecule has 1 rings (SSSR count). The van der Waals surface area contributed by atoms with E-state index in [0.717, 1.165) is 12.8 Å². The van der Waals surface area contributed by atoms with Gasteiger partial charge in [0.15, 0.2) is 6.29 Å². The van der Waals surface area contributed by atoms with Crippen LogP contribution < -0.4 is 0 Å². The minimum absolute atomic E-state index is 0.509. The second-order valence-corrected chi connectivity index (χ2v) is 1.33. The van der Waals surface area contributed by atoms with Crippen LogP contribution in [0.1, 0.15) is 12.8 Å². The zero-order chi connectivity index (χ0) is 4.41. The quantitative estimate of drug-likeness (QED) is 0.459. The van der Waals surface area contributed by atoms with E-state index in [9.17, 15) is 0 Å². The minimum Gasteiger partial charge on any atom is -0.368 e. The Kier molecular flexibility index (Phi) is 1.08. The van der Waals surface area contributed by atoms with E-state index >= 15 is 0 Å². The standard InChI is InChI=1S/C4H7O2/c5-4-2-1-3-6-4/h3-5H,1-2H2. The maximum atomic E-state index is 8.48. The monoisotopic (exact) mass is 87.0 g/mol. The smallest absolute Gasteiger partial charge is 0.155 e. The highest BCUT2D eigenvalue weighted by atomic mass is 16.6. The van der Waals surface area contributed by atoms with Crippen LogP contribution in [-0.2, 0) is 4.74 Å². The topological polar surface area (TPSA) is 29.5 Å². The highest BCUT2D eigenvalue weighted by Gasteiger charge is 2.09. The van der Waals surface area contributed by atoms with Gasteiger partial charge in [0.1, 0.15) is 0 Å². The molecule has 1 radical (unpaired) electrons. The Morgan fingerprint density at radius 1 is 1.83 bits per heavy atom. The van der Waals surface area contributed by atoms with Crippen molar-refractivity contribution in [3.8, 4) is 0 Å². The third kappa shape index (κ3) is 0.698. The van der Waals surface area contributed by atoms with E-state index in [2.05, 4.69) is 4.74 Å². The van der Waals surface area contributed by atoms with Gasteiger partial charge in [0.25, 0.3) is 0 Å². The fraction of sp³-hybridized carbons (Fsp3) is 0.750. The second kappa shape index (κ2) is 1.58. The molecule has 1 atom stereocenters. The summed E-state index contributed by atoms with van der Waals surface area (Å²) in [7, 11) is 0. The summed E-state index contributed by atoms with van der Waals surface area (Å²) in [5.74, 6) is 0. The zero-order valence-corrected chi connectivity index (χ0v) is 3.42. The first-order valence-corrected chi connectivity index (χ1v) is 2.05. The molecule has 0 aromatic heterocycles. The average Bonchev–Trinajstić information content (AvgIpc) is 1.86. The summed E-state index contributed by atoms with van der Waals surface area (Å²) in [6.07, 6.45) is 1.14. The summed E-state index contributed by atoms with van der Waals surface area (Å²) in [6.45, 7) is 1.63. The average molecular weight is 87.1 g/mol. The van der Waals surface area contributed by atoms with E-state index in [-0.39, 0.29) is 0 Å². The van der Waals surface area contributed by atoms with Crippen molar-refractivity contribution in [3.05, 3.63) is 6.61 Å². The lowest BCUT2D eigenvalue weighted by Gasteiger charge is -1.93. The van der Waals surface area contributed by atoms with Gasteiger partial charge < -0.3 is 9.84 Å². The molecule has 1 saturated heterocycles. The highest BCUT2D eigenvalue weighted by Crippen LogP contribution is 2.11. The molecule has 1 aliphatic heterocycles. The Labute approximate surface area is 36.7 Å². The molecular formula is C4H7O2. The molecule has 1 fully saturated rings. The molecule has 35 valence electrons. The van der Waals surface area contributed by atoms with Gasteiger partial charge in [-0.15, -0.1) is 0 Å². The largest absolute Gasteiger partial charge is 0.368 e. The summed E-state index contributed by atoms with van der Waals surface area (Å²) < 4.78 is 4.58. The third-order valence-corrected chi connectivity index (χ3v) is 0.785. The van der Waals surface area contributed by atoms with E-state index in [0.29, 0.717) is 0 Å². The molecule has 2 nitrogen and oxygen atoms in total. The Balaban J connectivity index is 2.18. The van der Waals surface area contributed by atoms with Crippen LogP contribution in [0, 0.1) is 6.61 Å². The predicted molar refractivity (Wildman–Crippen MR) is 20.6 cm³/mol. The summed E-state index contributed by atoms with van der Waals surface area (Å²) in [5.41, 5.74) is 0. The van der Waals surface area contributed by atoms with Crippen LogP contribution in [-0.4, -0.2) is 11.4 Å². The summed E-state index contributed by atoms with van der Waals surface area (Å²) >= 11 is 0. The fourth-order valence-electron chi connectivity index (χ4n) is 0.458. The van der Waals surface area contributed by atoms with Crippen molar-refractivity contribution in [1.29, 1.82) is 0 Å². The molecule has 0 aromatic rings. The molecule has 0 aliphatic carbocycles. The summed E-state index contributed by atoms with van der Waals surface area (Å²) in [5, 5.41) is 8.48. The van der Waals surface area contributed by atoms with E-state index in [1.54, 1.807) is 6.61 Å². The SMILES string of the molecule is OC1CC[CH]O1. The van der Waals surface area contributed by atoms with Gasteiger partial charge in [-0.1, -0.05) is 0 Å². The maximum Gasteiger partial charge on any atom is 0.155 e. The molecule has 6 heavy (non-hydrogen) atoms. The van der Waals surface area contributed by atoms with Gasteiger partial charge in [-0.2, -0.15) is 0 Å². The predicted octanol–water partition coefficient (Wildman–Crippen LogP) is 0.277. The van der Waals surface area contributed by atoms with Gasteiger partial charge in [0, 0.05) is 6.42 Å². The van der Waals surface area contributed by atoms with Gasteiger partial charge in [0.05, 0.1) is 6.61 Å². The van der Waals surface area contributed by atoms with Crippen LogP contribution in [0.3, 0.4) is 0 Å². The van der Waals surface area contributed by atoms with Crippen molar-refractivity contribution in [3.63, 3.8) is 0 Å². The van der Waals surface area contributed by atoms with Gasteiger partial charge in [-0.3, -0.25) is 0 Å². The molecule has 0 amide bonds. The summed E-state index contributed by atoms with van der Waals surface area (Å²) in [4.78, 5) is 0. The van der Waals surface area contributed by atoms with Crippen LogP contribution in [0.5, 0.6) is 0 Å². The number of ether oxygens (including phenoxy) is 1. The van der Waals surface area contributed by atoms with Crippen LogP contribution in [0.2, 0.25) is 0 Å². The van der Waals surface area contributed by atoms with Gasteiger partial charge >= 0.3 is 0 Å². The minimum atomic E-state index is -0.509. The van der Waals surface area contributed by atoms with Gasteiger partial charge in [-0.25, -0.2) is 0 Å². The van der Waals surface area contributed by atoms with Crippen molar-refractivity contribution in [2.75, 3.05) is 0 Å². The number of hydrogen-bond donors (Lipinski definition) is 1. The first kappa shape index (κ1) is 4.09. The third-order valence-electron chi connectivity index (χ3n) is 0.785. The van der Waals surface area contributed by atoms with Crippen molar-refractivity contribution in [2.45, 2.75) is 19.1 Å². The highest BCUT2D eigenvalue weighted by molar-refractivity contribution is 4.61. The lowest BCUT2D eigenvalue weighted by Crippen LogP contribution is -1.98. The van der Waals surface area contributed by atoms with E-state index in [4.69, 9.17) is 5.11 Å². The van der Waals surface area contributed by atoms with Crippen molar-refractivity contribution >= 4 is 0 Å². The van der Waals surface area contributed by atoms with Crippen LogP contribution in [0.15, 0.2) is 0 Å². The van der Waals surface area contributed by atoms with Crippen molar-refractivity contribution < 1.29 is 9.84 Å². The Bertz CT molecular complexity index is 38.8. The molecule has 1 unspecified atom stereocenters. The zero-order valence-electron chi connectivity index (χ0n) is 3.42. The normalized spacial score (nSPS) is 34.5. The molecule has 0 saturated carbocycles. The Morgan fingerprint density at radius 3 is 2.83 bits per heavy atom. The molecule has 1 N–H and O–H groups in total.